The van der Waals surface area contributed by atoms with E-state index in [0.717, 1.165) is 12.8 Å². The van der Waals surface area contributed by atoms with E-state index in [2.05, 4.69) is 15.5 Å². The largest absolute Gasteiger partial charge is 0.330 e. The first-order valence-electron chi connectivity index (χ1n) is 5.64. The van der Waals surface area contributed by atoms with Gasteiger partial charge in [-0.05, 0) is 48.0 Å². The first-order chi connectivity index (χ1) is 8.72. The summed E-state index contributed by atoms with van der Waals surface area (Å²) in [6, 6.07) is 4.31. The summed E-state index contributed by atoms with van der Waals surface area (Å²) in [6.45, 7) is 1.22. The molecule has 7 heteroatoms. The molecule has 0 aliphatic carbocycles. The molecule has 0 radical (unpaired) electrons. The van der Waals surface area contributed by atoms with Crippen molar-refractivity contribution in [3.05, 3.63) is 29.0 Å². The fourth-order valence-corrected chi connectivity index (χ4v) is 1.80. The van der Waals surface area contributed by atoms with Gasteiger partial charge in [0, 0.05) is 11.6 Å². The van der Waals surface area contributed by atoms with Crippen LogP contribution in [-0.4, -0.2) is 26.8 Å². The number of halogens is 2. The van der Waals surface area contributed by atoms with E-state index in [-0.39, 0.29) is 0 Å². The van der Waals surface area contributed by atoms with Gasteiger partial charge in [0.1, 0.15) is 5.82 Å². The van der Waals surface area contributed by atoms with E-state index in [0.29, 0.717) is 29.5 Å². The van der Waals surface area contributed by atoms with Crippen LogP contribution in [0.4, 0.5) is 4.39 Å². The van der Waals surface area contributed by atoms with Crippen molar-refractivity contribution in [2.75, 3.05) is 6.54 Å². The third-order valence-electron chi connectivity index (χ3n) is 2.53. The zero-order valence-electron chi connectivity index (χ0n) is 9.68. The quantitative estimate of drug-likeness (QED) is 0.842. The molecule has 0 bridgehead atoms. The molecule has 18 heavy (non-hydrogen) atoms. The van der Waals surface area contributed by atoms with Gasteiger partial charge in [-0.25, -0.2) is 9.07 Å². The van der Waals surface area contributed by atoms with Gasteiger partial charge >= 0.3 is 0 Å². The Morgan fingerprint density at radius 3 is 2.94 bits per heavy atom. The lowest BCUT2D eigenvalue weighted by molar-refractivity contribution is 0.546. The molecule has 0 spiro atoms. The minimum Gasteiger partial charge on any atom is -0.330 e. The average Bonchev–Trinajstić information content (AvgIpc) is 2.81. The summed E-state index contributed by atoms with van der Waals surface area (Å²) in [6.07, 6.45) is 1.72. The van der Waals surface area contributed by atoms with E-state index >= 15 is 0 Å². The lowest BCUT2D eigenvalue weighted by atomic mass is 10.2. The summed E-state index contributed by atoms with van der Waals surface area (Å²) < 4.78 is 15.3. The topological polar surface area (TPSA) is 69.6 Å². The van der Waals surface area contributed by atoms with Crippen molar-refractivity contribution < 1.29 is 4.39 Å². The number of hydrogen-bond donors (Lipinski definition) is 1. The molecule has 1 heterocycles. The van der Waals surface area contributed by atoms with Gasteiger partial charge in [-0.3, -0.25) is 0 Å². The Balaban J connectivity index is 2.27. The highest BCUT2D eigenvalue weighted by Crippen LogP contribution is 2.23. The van der Waals surface area contributed by atoms with Crippen molar-refractivity contribution in [3.63, 3.8) is 0 Å². The maximum Gasteiger partial charge on any atom is 0.185 e. The van der Waals surface area contributed by atoms with Crippen LogP contribution in [0.2, 0.25) is 5.02 Å². The first kappa shape index (κ1) is 12.9. The highest BCUT2D eigenvalue weighted by atomic mass is 35.5. The van der Waals surface area contributed by atoms with Crippen LogP contribution in [0.3, 0.4) is 0 Å². The third-order valence-corrected chi connectivity index (χ3v) is 2.76. The van der Waals surface area contributed by atoms with Crippen LogP contribution in [0.1, 0.15) is 12.8 Å². The molecule has 0 aliphatic heterocycles. The van der Waals surface area contributed by atoms with Crippen LogP contribution in [0.5, 0.6) is 0 Å². The molecular weight excluding hydrogens is 257 g/mol. The average molecular weight is 270 g/mol. The van der Waals surface area contributed by atoms with Crippen LogP contribution in [0.25, 0.3) is 11.4 Å². The minimum atomic E-state index is -0.394. The number of nitrogens with two attached hydrogens (primary N) is 1. The second-order valence-corrected chi connectivity index (χ2v) is 4.28. The molecule has 1 aromatic carbocycles. The number of tetrazole rings is 1. The van der Waals surface area contributed by atoms with Crippen molar-refractivity contribution in [3.8, 4) is 11.4 Å². The number of rotatable bonds is 5. The van der Waals surface area contributed by atoms with Gasteiger partial charge in [-0.15, -0.1) is 5.10 Å². The molecule has 0 amide bonds. The summed E-state index contributed by atoms with van der Waals surface area (Å²) in [5.74, 6) is -0.0127. The fourth-order valence-electron chi connectivity index (χ4n) is 1.62. The summed E-state index contributed by atoms with van der Waals surface area (Å²) in [5, 5.41) is 11.7. The Morgan fingerprint density at radius 1 is 1.33 bits per heavy atom. The van der Waals surface area contributed by atoms with E-state index in [1.165, 1.54) is 18.2 Å². The van der Waals surface area contributed by atoms with Gasteiger partial charge in [0.25, 0.3) is 0 Å². The smallest absolute Gasteiger partial charge is 0.185 e. The standard InChI is InChI=1S/C11H13ClFN5/c12-8-3-4-10(13)9(7-8)11-15-16-17-18(11)6-2-1-5-14/h3-4,7H,1-2,5-6,14H2. The molecule has 2 N–H and O–H groups in total. The highest BCUT2D eigenvalue weighted by molar-refractivity contribution is 6.30. The van der Waals surface area contributed by atoms with E-state index in [9.17, 15) is 4.39 Å². The minimum absolute atomic E-state index is 0.306. The Morgan fingerprint density at radius 2 is 2.17 bits per heavy atom. The second kappa shape index (κ2) is 5.88. The molecule has 0 saturated heterocycles. The van der Waals surface area contributed by atoms with Gasteiger partial charge in [-0.1, -0.05) is 11.6 Å². The SMILES string of the molecule is NCCCCn1nnnc1-c1cc(Cl)ccc1F. The van der Waals surface area contributed by atoms with Crippen molar-refractivity contribution in [1.82, 2.24) is 20.2 Å². The summed E-state index contributed by atoms with van der Waals surface area (Å²) >= 11 is 5.85. The maximum atomic E-state index is 13.7. The van der Waals surface area contributed by atoms with Crippen molar-refractivity contribution in [1.29, 1.82) is 0 Å². The van der Waals surface area contributed by atoms with E-state index in [4.69, 9.17) is 17.3 Å². The van der Waals surface area contributed by atoms with Crippen LogP contribution in [0.15, 0.2) is 18.2 Å². The van der Waals surface area contributed by atoms with Gasteiger partial charge < -0.3 is 5.73 Å². The zero-order chi connectivity index (χ0) is 13.0. The van der Waals surface area contributed by atoms with Gasteiger partial charge in [0.05, 0.1) is 5.56 Å². The Bertz CT molecular complexity index is 528. The molecule has 0 fully saturated rings. The predicted molar refractivity (Wildman–Crippen MR) is 66.5 cm³/mol. The van der Waals surface area contributed by atoms with E-state index in [1.54, 1.807) is 4.68 Å². The highest BCUT2D eigenvalue weighted by Gasteiger charge is 2.13. The van der Waals surface area contributed by atoms with Crippen molar-refractivity contribution >= 4 is 11.6 Å². The number of aromatic nitrogens is 4. The monoisotopic (exact) mass is 269 g/mol. The van der Waals surface area contributed by atoms with Gasteiger partial charge in [0.15, 0.2) is 5.82 Å². The number of nitrogens with zero attached hydrogens (tertiary/aromatic N) is 4. The Hall–Kier alpha value is -1.53. The second-order valence-electron chi connectivity index (χ2n) is 3.85. The van der Waals surface area contributed by atoms with E-state index < -0.39 is 5.82 Å². The number of unbranched alkanes of at least 4 members (excludes halogenated alkanes) is 1. The molecule has 5 nitrogen and oxygen atoms in total. The summed E-state index contributed by atoms with van der Waals surface area (Å²) in [4.78, 5) is 0. The summed E-state index contributed by atoms with van der Waals surface area (Å²) in [5.41, 5.74) is 5.73. The third kappa shape index (κ3) is 2.83. The molecule has 2 rings (SSSR count). The van der Waals surface area contributed by atoms with Crippen LogP contribution >= 0.6 is 11.6 Å². The molecule has 0 saturated carbocycles. The lowest BCUT2D eigenvalue weighted by Gasteiger charge is -2.05. The zero-order valence-corrected chi connectivity index (χ0v) is 10.4. The molecule has 0 atom stereocenters. The number of aryl methyl sites for hydroxylation is 1. The molecule has 1 aromatic heterocycles. The van der Waals surface area contributed by atoms with E-state index in [1.807, 2.05) is 0 Å². The molecule has 0 aliphatic rings. The fraction of sp³-hybridized carbons (Fsp3) is 0.364. The lowest BCUT2D eigenvalue weighted by Crippen LogP contribution is -2.06. The molecule has 96 valence electrons. The number of benzene rings is 1. The van der Waals surface area contributed by atoms with Crippen molar-refractivity contribution in [2.45, 2.75) is 19.4 Å². The Kier molecular flexibility index (Phi) is 4.22. The Labute approximate surface area is 109 Å². The first-order valence-corrected chi connectivity index (χ1v) is 6.02. The van der Waals surface area contributed by atoms with Crippen molar-refractivity contribution in [2.24, 2.45) is 5.73 Å². The van der Waals surface area contributed by atoms with Gasteiger partial charge in [0.2, 0.25) is 0 Å². The molecule has 0 unspecified atom stereocenters. The molecular formula is C11H13ClFN5. The normalized spacial score (nSPS) is 10.8. The van der Waals surface area contributed by atoms with Crippen LogP contribution in [-0.2, 0) is 6.54 Å². The number of hydrogen-bond acceptors (Lipinski definition) is 4. The van der Waals surface area contributed by atoms with Crippen LogP contribution in [0, 0.1) is 5.82 Å². The molecule has 2 aromatic rings. The predicted octanol–water partition coefficient (Wildman–Crippen LogP) is 1.87. The summed E-state index contributed by atoms with van der Waals surface area (Å²) in [7, 11) is 0. The van der Waals surface area contributed by atoms with Gasteiger partial charge in [-0.2, -0.15) is 0 Å². The maximum absolute atomic E-state index is 13.7. The van der Waals surface area contributed by atoms with Crippen LogP contribution < -0.4 is 5.73 Å².